The predicted octanol–water partition coefficient (Wildman–Crippen LogP) is 11.9. The summed E-state index contributed by atoms with van der Waals surface area (Å²) < 4.78 is 8.94. The summed E-state index contributed by atoms with van der Waals surface area (Å²) in [6.45, 7) is 16.9. The molecule has 0 aliphatic rings. The smallest absolute Gasteiger partial charge is 0.145 e. The van der Waals surface area contributed by atoms with E-state index in [0.29, 0.717) is 6.79 Å². The topological polar surface area (TPSA) is 18.5 Å². The number of hydrogen-bond acceptors (Lipinski definition) is 2. The fourth-order valence-electron chi connectivity index (χ4n) is 1.66. The molecule has 220 valence electrons. The van der Waals surface area contributed by atoms with Crippen LogP contribution in [-0.4, -0.2) is 21.0 Å². The number of rotatable bonds is 2. The van der Waals surface area contributed by atoms with E-state index >= 15 is 0 Å². The third kappa shape index (κ3) is 72.0. The first-order valence-electron chi connectivity index (χ1n) is 14.2. The first-order valence-corrected chi connectivity index (χ1v) is 14.2. The molecule has 0 saturated carbocycles. The van der Waals surface area contributed by atoms with E-state index in [1.54, 1.807) is 14.2 Å². The Morgan fingerprint density at radius 1 is 0.282 bits per heavy atom. The Hall–Kier alpha value is -3.20. The summed E-state index contributed by atoms with van der Waals surface area (Å²) >= 11 is 0. The second-order valence-corrected chi connectivity index (χ2v) is 6.73. The number of methoxy groups -OCH3 is 2. The van der Waals surface area contributed by atoms with Crippen molar-refractivity contribution in [1.82, 2.24) is 0 Å². The van der Waals surface area contributed by atoms with Crippen LogP contribution in [-0.2, 0) is 9.47 Å². The van der Waals surface area contributed by atoms with Crippen LogP contribution in [0.3, 0.4) is 0 Å². The molecule has 0 saturated heterocycles. The molecule has 4 aromatic rings. The van der Waals surface area contributed by atoms with Gasteiger partial charge >= 0.3 is 0 Å². The first kappa shape index (κ1) is 45.7. The van der Waals surface area contributed by atoms with Gasteiger partial charge in [-0.1, -0.05) is 214 Å². The SMILES string of the molecule is CC.CC.CCC.CCC.COCOC.c1ccccc1.c1ccccc1.c1ccccc1.c1ccccc1. The Morgan fingerprint density at radius 3 is 0.385 bits per heavy atom. The third-order valence-electron chi connectivity index (χ3n) is 2.90. The number of hydrogen-bond donors (Lipinski definition) is 0. The van der Waals surface area contributed by atoms with Crippen LogP contribution in [0.1, 0.15) is 68.2 Å². The van der Waals surface area contributed by atoms with Gasteiger partial charge in [0, 0.05) is 14.2 Å². The molecule has 0 bridgehead atoms. The van der Waals surface area contributed by atoms with Crippen molar-refractivity contribution in [1.29, 1.82) is 0 Å². The standard InChI is InChI=1S/4C6H6.C3H8O2.2C3H8.2C2H6/c4*1-2-4-6-5-3-1;1-4-3-5-2;2*1-3-2;2*1-2/h4*1-6H;3H2,1-2H3;2*3H2,1-2H3;2*1-2H3. The van der Waals surface area contributed by atoms with E-state index in [2.05, 4.69) is 37.2 Å². The van der Waals surface area contributed by atoms with Crippen LogP contribution in [0.15, 0.2) is 146 Å². The van der Waals surface area contributed by atoms with Crippen LogP contribution < -0.4 is 0 Å². The van der Waals surface area contributed by atoms with Crippen LogP contribution >= 0.6 is 0 Å². The quantitative estimate of drug-likeness (QED) is 0.237. The fraction of sp³-hybridized carbons (Fsp3) is 0.351. The van der Waals surface area contributed by atoms with Crippen LogP contribution in [0.25, 0.3) is 0 Å². The van der Waals surface area contributed by atoms with Crippen molar-refractivity contribution in [3.8, 4) is 0 Å². The summed E-state index contributed by atoms with van der Waals surface area (Å²) in [5, 5.41) is 0. The van der Waals surface area contributed by atoms with E-state index in [4.69, 9.17) is 0 Å². The van der Waals surface area contributed by atoms with Gasteiger partial charge in [0.05, 0.1) is 0 Å². The van der Waals surface area contributed by atoms with Gasteiger partial charge < -0.3 is 9.47 Å². The number of benzene rings is 4. The van der Waals surface area contributed by atoms with E-state index in [9.17, 15) is 0 Å². The van der Waals surface area contributed by atoms with E-state index in [1.165, 1.54) is 12.8 Å². The van der Waals surface area contributed by atoms with Crippen molar-refractivity contribution in [2.45, 2.75) is 68.2 Å². The predicted molar refractivity (Wildman–Crippen MR) is 179 cm³/mol. The average molecular weight is 537 g/mol. The highest BCUT2D eigenvalue weighted by Gasteiger charge is 1.63. The summed E-state index contributed by atoms with van der Waals surface area (Å²) in [5.41, 5.74) is 0. The van der Waals surface area contributed by atoms with E-state index in [1.807, 2.05) is 173 Å². The molecule has 0 spiro atoms. The third-order valence-corrected chi connectivity index (χ3v) is 2.90. The van der Waals surface area contributed by atoms with Crippen molar-refractivity contribution in [2.75, 3.05) is 21.0 Å². The van der Waals surface area contributed by atoms with Gasteiger partial charge in [-0.15, -0.1) is 0 Å². The lowest BCUT2D eigenvalue weighted by atomic mass is 10.4. The van der Waals surface area contributed by atoms with Gasteiger partial charge in [0.1, 0.15) is 6.79 Å². The van der Waals surface area contributed by atoms with Crippen molar-refractivity contribution in [2.24, 2.45) is 0 Å². The largest absolute Gasteiger partial charge is 0.359 e. The van der Waals surface area contributed by atoms with Crippen LogP contribution in [0.2, 0.25) is 0 Å². The molecule has 2 heteroatoms. The zero-order valence-corrected chi connectivity index (χ0v) is 26.8. The molecule has 39 heavy (non-hydrogen) atoms. The zero-order valence-electron chi connectivity index (χ0n) is 26.8. The van der Waals surface area contributed by atoms with E-state index in [0.717, 1.165) is 0 Å². The molecule has 0 heterocycles. The maximum Gasteiger partial charge on any atom is 0.145 e. The Bertz CT molecular complexity index is 496. The van der Waals surface area contributed by atoms with Gasteiger partial charge in [-0.05, 0) is 0 Å². The van der Waals surface area contributed by atoms with Gasteiger partial charge in [-0.25, -0.2) is 0 Å². The molecule has 2 nitrogen and oxygen atoms in total. The van der Waals surface area contributed by atoms with Crippen LogP contribution in [0, 0.1) is 0 Å². The van der Waals surface area contributed by atoms with Gasteiger partial charge in [-0.3, -0.25) is 0 Å². The molecule has 0 N–H and O–H groups in total. The molecule has 0 atom stereocenters. The van der Waals surface area contributed by atoms with Crippen molar-refractivity contribution >= 4 is 0 Å². The second-order valence-electron chi connectivity index (χ2n) is 6.73. The molecular formula is C37H60O2. The van der Waals surface area contributed by atoms with E-state index < -0.39 is 0 Å². The van der Waals surface area contributed by atoms with Crippen LogP contribution in [0.5, 0.6) is 0 Å². The lowest BCUT2D eigenvalue weighted by molar-refractivity contribution is -0.00272. The molecule has 0 aromatic heterocycles. The van der Waals surface area contributed by atoms with Gasteiger partial charge in [0.15, 0.2) is 0 Å². The summed E-state index contributed by atoms with van der Waals surface area (Å²) in [6, 6.07) is 48.0. The van der Waals surface area contributed by atoms with Crippen molar-refractivity contribution < 1.29 is 9.47 Å². The molecule has 0 fully saturated rings. The summed E-state index contributed by atoms with van der Waals surface area (Å²) in [4.78, 5) is 0. The van der Waals surface area contributed by atoms with Gasteiger partial charge in [0.2, 0.25) is 0 Å². The molecule has 0 unspecified atom stereocenters. The Balaban J connectivity index is -0.000000114. The highest BCUT2D eigenvalue weighted by Crippen LogP contribution is 1.81. The molecule has 0 radical (unpaired) electrons. The minimum absolute atomic E-state index is 0.389. The van der Waals surface area contributed by atoms with Gasteiger partial charge in [-0.2, -0.15) is 0 Å². The fourth-order valence-corrected chi connectivity index (χ4v) is 1.66. The number of ether oxygens (including phenoxy) is 2. The minimum Gasteiger partial charge on any atom is -0.359 e. The highest BCUT2D eigenvalue weighted by atomic mass is 16.6. The zero-order chi connectivity index (χ0) is 30.5. The molecule has 0 aliphatic heterocycles. The van der Waals surface area contributed by atoms with Gasteiger partial charge in [0.25, 0.3) is 0 Å². The monoisotopic (exact) mass is 536 g/mol. The lowest BCUT2D eigenvalue weighted by Crippen LogP contribution is -1.87. The molecular weight excluding hydrogens is 476 g/mol. The van der Waals surface area contributed by atoms with Crippen LogP contribution in [0.4, 0.5) is 0 Å². The first-order chi connectivity index (χ1) is 19.2. The summed E-state index contributed by atoms with van der Waals surface area (Å²) in [7, 11) is 3.17. The molecule has 0 amide bonds. The van der Waals surface area contributed by atoms with Crippen molar-refractivity contribution in [3.05, 3.63) is 146 Å². The summed E-state index contributed by atoms with van der Waals surface area (Å²) in [5.74, 6) is 0. The Labute approximate surface area is 244 Å². The van der Waals surface area contributed by atoms with Crippen molar-refractivity contribution in [3.63, 3.8) is 0 Å². The Morgan fingerprint density at radius 2 is 0.359 bits per heavy atom. The molecule has 4 rings (SSSR count). The normalized spacial score (nSPS) is 7.23. The highest BCUT2D eigenvalue weighted by molar-refractivity contribution is 5.00. The van der Waals surface area contributed by atoms with E-state index in [-0.39, 0.29) is 0 Å². The lowest BCUT2D eigenvalue weighted by Gasteiger charge is -1.87. The summed E-state index contributed by atoms with van der Waals surface area (Å²) in [6.07, 6.45) is 2.50. The minimum atomic E-state index is 0.389. The second kappa shape index (κ2) is 59.7. The maximum absolute atomic E-state index is 4.47. The maximum atomic E-state index is 4.47. The molecule has 0 aliphatic carbocycles. The molecule has 4 aromatic carbocycles. The average Bonchev–Trinajstić information content (AvgIpc) is 3.05. The Kier molecular flexibility index (Phi) is 70.0.